The molecule has 0 saturated carbocycles. The van der Waals surface area contributed by atoms with Crippen LogP contribution < -0.4 is 5.32 Å². The van der Waals surface area contributed by atoms with Gasteiger partial charge in [-0.2, -0.15) is 5.10 Å². The van der Waals surface area contributed by atoms with E-state index in [1.807, 2.05) is 36.5 Å². The number of carbonyl (C=O) groups excluding carboxylic acids is 2. The van der Waals surface area contributed by atoms with Gasteiger partial charge in [0, 0.05) is 43.3 Å². The Morgan fingerprint density at radius 2 is 1.80 bits per heavy atom. The van der Waals surface area contributed by atoms with Crippen LogP contribution in [0.25, 0.3) is 5.69 Å². The molecule has 0 aliphatic carbocycles. The van der Waals surface area contributed by atoms with E-state index in [1.54, 1.807) is 59.2 Å². The normalized spacial score (nSPS) is 10.7. The number of hydrogen-bond acceptors (Lipinski definition) is 4. The first kappa shape index (κ1) is 19.3. The fourth-order valence-electron chi connectivity index (χ4n) is 3.11. The van der Waals surface area contributed by atoms with E-state index >= 15 is 0 Å². The third-order valence-electron chi connectivity index (χ3n) is 4.75. The number of anilines is 1. The number of nitrogens with one attached hydrogen (secondary N) is 1. The molecule has 0 bridgehead atoms. The average molecular weight is 399 g/mol. The van der Waals surface area contributed by atoms with E-state index in [0.29, 0.717) is 29.9 Å². The summed E-state index contributed by atoms with van der Waals surface area (Å²) in [5.41, 5.74) is 3.14. The molecule has 150 valence electrons. The van der Waals surface area contributed by atoms with Crippen LogP contribution in [0.2, 0.25) is 0 Å². The minimum atomic E-state index is -0.157. The van der Waals surface area contributed by atoms with Gasteiger partial charge in [-0.05, 0) is 48.4 Å². The summed E-state index contributed by atoms with van der Waals surface area (Å²) in [4.78, 5) is 28.8. The van der Waals surface area contributed by atoms with Gasteiger partial charge in [-0.3, -0.25) is 9.59 Å². The molecule has 1 N–H and O–H groups in total. The highest BCUT2D eigenvalue weighted by atomic mass is 16.1. The van der Waals surface area contributed by atoms with Gasteiger partial charge in [0.2, 0.25) is 11.7 Å². The number of ketones is 1. The van der Waals surface area contributed by atoms with Crippen LogP contribution in [-0.4, -0.2) is 31.0 Å². The number of aryl methyl sites for hydroxylation is 2. The molecule has 30 heavy (non-hydrogen) atoms. The lowest BCUT2D eigenvalue weighted by atomic mass is 10.1. The number of aromatic nitrogens is 4. The lowest BCUT2D eigenvalue weighted by Crippen LogP contribution is -2.13. The molecule has 0 unspecified atom stereocenters. The second-order valence-corrected chi connectivity index (χ2v) is 6.95. The van der Waals surface area contributed by atoms with Crippen LogP contribution >= 0.6 is 0 Å². The number of carbonyl (C=O) groups is 2. The van der Waals surface area contributed by atoms with Crippen molar-refractivity contribution in [3.63, 3.8) is 0 Å². The average Bonchev–Trinajstić information content (AvgIpc) is 3.42. The van der Waals surface area contributed by atoms with Crippen LogP contribution in [-0.2, 0) is 18.3 Å². The standard InChI is InChI=1S/C23H21N5O2/c1-27-14-13-24-23(27)22(30)18-8-10-19(11-9-18)26-21(29)12-7-17-15-25-28(16-17)20-5-3-2-4-6-20/h2-6,8-11,13-16H,7,12H2,1H3,(H,26,29). The maximum atomic E-state index is 12.4. The third kappa shape index (κ3) is 4.35. The minimum absolute atomic E-state index is 0.0920. The largest absolute Gasteiger partial charge is 0.331 e. The van der Waals surface area contributed by atoms with Crippen molar-refractivity contribution in [3.05, 3.63) is 96.3 Å². The van der Waals surface area contributed by atoms with Gasteiger partial charge in [-0.15, -0.1) is 0 Å². The van der Waals surface area contributed by atoms with Crippen LogP contribution in [0.5, 0.6) is 0 Å². The highest BCUT2D eigenvalue weighted by Gasteiger charge is 2.13. The highest BCUT2D eigenvalue weighted by molar-refractivity contribution is 6.07. The summed E-state index contributed by atoms with van der Waals surface area (Å²) < 4.78 is 3.47. The van der Waals surface area contributed by atoms with Gasteiger partial charge in [0.1, 0.15) is 0 Å². The minimum Gasteiger partial charge on any atom is -0.331 e. The van der Waals surface area contributed by atoms with Gasteiger partial charge in [-0.25, -0.2) is 9.67 Å². The zero-order chi connectivity index (χ0) is 20.9. The first-order valence-electron chi connectivity index (χ1n) is 9.61. The molecule has 7 heteroatoms. The second kappa shape index (κ2) is 8.57. The molecule has 0 radical (unpaired) electrons. The lowest BCUT2D eigenvalue weighted by Gasteiger charge is -2.06. The van der Waals surface area contributed by atoms with E-state index in [2.05, 4.69) is 15.4 Å². The van der Waals surface area contributed by atoms with Crippen molar-refractivity contribution in [3.8, 4) is 5.69 Å². The molecular formula is C23H21N5O2. The quantitative estimate of drug-likeness (QED) is 0.483. The molecule has 0 fully saturated rings. The summed E-state index contributed by atoms with van der Waals surface area (Å²) >= 11 is 0. The summed E-state index contributed by atoms with van der Waals surface area (Å²) in [5.74, 6) is 0.129. The molecule has 1 amide bonds. The fraction of sp³-hybridized carbons (Fsp3) is 0.130. The van der Waals surface area contributed by atoms with Gasteiger partial charge in [-0.1, -0.05) is 18.2 Å². The molecule has 7 nitrogen and oxygen atoms in total. The van der Waals surface area contributed by atoms with Gasteiger partial charge in [0.15, 0.2) is 5.82 Å². The lowest BCUT2D eigenvalue weighted by molar-refractivity contribution is -0.116. The van der Waals surface area contributed by atoms with Crippen molar-refractivity contribution in [2.75, 3.05) is 5.32 Å². The topological polar surface area (TPSA) is 81.8 Å². The molecule has 2 aromatic heterocycles. The van der Waals surface area contributed by atoms with Crippen molar-refractivity contribution in [2.24, 2.45) is 7.05 Å². The summed E-state index contributed by atoms with van der Waals surface area (Å²) in [5, 5.41) is 7.21. The number of hydrogen-bond donors (Lipinski definition) is 1. The molecule has 4 aromatic rings. The smallest absolute Gasteiger partial charge is 0.228 e. The van der Waals surface area contributed by atoms with Gasteiger partial charge in [0.05, 0.1) is 11.9 Å². The molecule has 2 heterocycles. The first-order valence-corrected chi connectivity index (χ1v) is 9.61. The monoisotopic (exact) mass is 399 g/mol. The second-order valence-electron chi connectivity index (χ2n) is 6.95. The molecule has 0 spiro atoms. The van der Waals surface area contributed by atoms with E-state index in [0.717, 1.165) is 11.3 Å². The Morgan fingerprint density at radius 3 is 2.50 bits per heavy atom. The number of rotatable bonds is 7. The summed E-state index contributed by atoms with van der Waals surface area (Å²) in [7, 11) is 1.78. The predicted octanol–water partition coefficient (Wildman–Crippen LogP) is 3.41. The Labute approximate surface area is 174 Å². The van der Waals surface area contributed by atoms with E-state index in [4.69, 9.17) is 0 Å². The Bertz CT molecular complexity index is 1160. The zero-order valence-electron chi connectivity index (χ0n) is 16.5. The maximum absolute atomic E-state index is 12.4. The number of para-hydroxylation sites is 1. The number of amides is 1. The highest BCUT2D eigenvalue weighted by Crippen LogP contribution is 2.14. The van der Waals surface area contributed by atoms with Gasteiger partial charge in [0.25, 0.3) is 0 Å². The van der Waals surface area contributed by atoms with E-state index < -0.39 is 0 Å². The predicted molar refractivity (Wildman–Crippen MR) is 114 cm³/mol. The Hall–Kier alpha value is -4.00. The Kier molecular flexibility index (Phi) is 5.52. The number of benzene rings is 2. The van der Waals surface area contributed by atoms with Crippen LogP contribution in [0.1, 0.15) is 28.2 Å². The fourth-order valence-corrected chi connectivity index (χ4v) is 3.11. The Balaban J connectivity index is 1.32. The van der Waals surface area contributed by atoms with E-state index in [9.17, 15) is 9.59 Å². The molecule has 0 atom stereocenters. The Morgan fingerprint density at radius 1 is 1.03 bits per heavy atom. The van der Waals surface area contributed by atoms with Crippen molar-refractivity contribution in [2.45, 2.75) is 12.8 Å². The first-order chi connectivity index (χ1) is 14.6. The SMILES string of the molecule is Cn1ccnc1C(=O)c1ccc(NC(=O)CCc2cnn(-c3ccccc3)c2)cc1. The summed E-state index contributed by atoms with van der Waals surface area (Å²) in [6, 6.07) is 16.7. The van der Waals surface area contributed by atoms with Crippen molar-refractivity contribution in [1.29, 1.82) is 0 Å². The molecule has 0 aliphatic rings. The van der Waals surface area contributed by atoms with Crippen molar-refractivity contribution < 1.29 is 9.59 Å². The van der Waals surface area contributed by atoms with Crippen molar-refractivity contribution in [1.82, 2.24) is 19.3 Å². The molecule has 0 aliphatic heterocycles. The molecule has 2 aromatic carbocycles. The van der Waals surface area contributed by atoms with E-state index in [-0.39, 0.29) is 11.7 Å². The van der Waals surface area contributed by atoms with E-state index in [1.165, 1.54) is 0 Å². The van der Waals surface area contributed by atoms with Crippen LogP contribution in [0.4, 0.5) is 5.69 Å². The molecular weight excluding hydrogens is 378 g/mol. The van der Waals surface area contributed by atoms with Gasteiger partial charge < -0.3 is 9.88 Å². The number of imidazole rings is 1. The summed E-state index contributed by atoms with van der Waals surface area (Å²) in [6.07, 6.45) is 7.96. The third-order valence-corrected chi connectivity index (χ3v) is 4.75. The van der Waals surface area contributed by atoms with Gasteiger partial charge >= 0.3 is 0 Å². The van der Waals surface area contributed by atoms with Crippen LogP contribution in [0.3, 0.4) is 0 Å². The number of nitrogens with zero attached hydrogens (tertiary/aromatic N) is 4. The van der Waals surface area contributed by atoms with Crippen LogP contribution in [0.15, 0.2) is 79.4 Å². The zero-order valence-corrected chi connectivity index (χ0v) is 16.5. The maximum Gasteiger partial charge on any atom is 0.228 e. The summed E-state index contributed by atoms with van der Waals surface area (Å²) in [6.45, 7) is 0. The molecule has 0 saturated heterocycles. The van der Waals surface area contributed by atoms with Crippen LogP contribution in [0, 0.1) is 0 Å². The molecule has 4 rings (SSSR count). The van der Waals surface area contributed by atoms with Crippen molar-refractivity contribution >= 4 is 17.4 Å².